The van der Waals surface area contributed by atoms with E-state index in [0.29, 0.717) is 44.4 Å². The predicted molar refractivity (Wildman–Crippen MR) is 206 cm³/mol. The summed E-state index contributed by atoms with van der Waals surface area (Å²) in [5.41, 5.74) is 3.67. The van der Waals surface area contributed by atoms with Gasteiger partial charge in [0, 0.05) is 17.8 Å². The van der Waals surface area contributed by atoms with E-state index in [1.807, 2.05) is 79.7 Å². The summed E-state index contributed by atoms with van der Waals surface area (Å²) >= 11 is 5.66. The van der Waals surface area contributed by atoms with Crippen molar-refractivity contribution in [2.24, 2.45) is 4.99 Å². The number of amides is 1. The lowest BCUT2D eigenvalue weighted by Gasteiger charge is -2.25. The quantitative estimate of drug-likeness (QED) is 0.0918. The lowest BCUT2D eigenvalue weighted by atomic mass is 9.95. The molecule has 1 aliphatic heterocycles. The third-order valence-corrected chi connectivity index (χ3v) is 10.2. The number of nitrogens with zero attached hydrogens (tertiary/aromatic N) is 3. The molecule has 1 N–H and O–H groups in total. The summed E-state index contributed by atoms with van der Waals surface area (Å²) in [6.07, 6.45) is 1.83. The normalized spacial score (nSPS) is 14.2. The molecule has 0 bridgehead atoms. The van der Waals surface area contributed by atoms with Crippen molar-refractivity contribution in [1.29, 1.82) is 0 Å². The Bertz CT molecular complexity index is 2240. The summed E-state index contributed by atoms with van der Waals surface area (Å²) in [6.45, 7) is 4.46. The standard InChI is InChI=1S/C36H28I2N4O6S/c1-3-47-27-15-11-24(12-16-27)32-31(34(43)40-25-7-5-4-6-8-25)21(2)39-36-41(32)35(44)30(49-36)19-23-17-28(37)33(29(38)18-23)48-20-22-9-13-26(14-10-22)42(45)46/h4-19,32H,3,20H2,1-2H3,(H,40,43)/b30-19-/t32-/m1/s1. The lowest BCUT2D eigenvalue weighted by molar-refractivity contribution is -0.384. The first-order chi connectivity index (χ1) is 23.6. The van der Waals surface area contributed by atoms with Crippen molar-refractivity contribution in [3.05, 3.63) is 156 Å². The molecule has 10 nitrogen and oxygen atoms in total. The number of carbonyl (C=O) groups excluding carboxylic acids is 1. The number of nitro groups is 1. The zero-order chi connectivity index (χ0) is 34.7. The number of rotatable bonds is 10. The van der Waals surface area contributed by atoms with E-state index in [9.17, 15) is 19.7 Å². The largest absolute Gasteiger partial charge is 0.494 e. The van der Waals surface area contributed by atoms with E-state index in [4.69, 9.17) is 14.5 Å². The fraction of sp³-hybridized carbons (Fsp3) is 0.139. The first-order valence-electron chi connectivity index (χ1n) is 15.1. The van der Waals surface area contributed by atoms with Gasteiger partial charge >= 0.3 is 0 Å². The summed E-state index contributed by atoms with van der Waals surface area (Å²) in [6, 6.07) is 26.0. The van der Waals surface area contributed by atoms with Gasteiger partial charge in [0.25, 0.3) is 17.2 Å². The minimum Gasteiger partial charge on any atom is -0.494 e. The Morgan fingerprint density at radius 1 is 1.02 bits per heavy atom. The second-order valence-electron chi connectivity index (χ2n) is 10.9. The van der Waals surface area contributed by atoms with Crippen LogP contribution >= 0.6 is 56.5 Å². The molecule has 1 aliphatic rings. The Morgan fingerprint density at radius 2 is 1.69 bits per heavy atom. The summed E-state index contributed by atoms with van der Waals surface area (Å²) in [5.74, 6) is 1.03. The smallest absolute Gasteiger partial charge is 0.271 e. The van der Waals surface area contributed by atoms with Gasteiger partial charge in [-0.25, -0.2) is 4.99 Å². The molecule has 248 valence electrons. The number of hydrogen-bond donors (Lipinski definition) is 1. The fourth-order valence-corrected chi connectivity index (χ4v) is 8.56. The van der Waals surface area contributed by atoms with E-state index in [1.165, 1.54) is 23.5 Å². The van der Waals surface area contributed by atoms with Crippen LogP contribution in [0.2, 0.25) is 0 Å². The Morgan fingerprint density at radius 3 is 2.33 bits per heavy atom. The van der Waals surface area contributed by atoms with Crippen LogP contribution in [0, 0.1) is 17.3 Å². The van der Waals surface area contributed by atoms with Crippen LogP contribution in [0.15, 0.2) is 112 Å². The van der Waals surface area contributed by atoms with Crippen LogP contribution in [0.3, 0.4) is 0 Å². The molecule has 0 saturated carbocycles. The maximum atomic E-state index is 14.2. The monoisotopic (exact) mass is 898 g/mol. The molecule has 0 aliphatic carbocycles. The van der Waals surface area contributed by atoms with Gasteiger partial charge in [0.1, 0.15) is 18.1 Å². The SMILES string of the molecule is CCOc1ccc([C@@H]2C(C(=O)Nc3ccccc3)=C(C)N=c3s/c(=C\c4cc(I)c(OCc5ccc([N+](=O)[O-])cc5)c(I)c4)c(=O)n32)cc1. The summed E-state index contributed by atoms with van der Waals surface area (Å²) in [5, 5.41) is 13.9. The van der Waals surface area contributed by atoms with Gasteiger partial charge in [0.15, 0.2) is 4.80 Å². The van der Waals surface area contributed by atoms with Gasteiger partial charge in [-0.3, -0.25) is 24.3 Å². The third-order valence-electron chi connectivity index (χ3n) is 7.65. The zero-order valence-electron chi connectivity index (χ0n) is 26.2. The Balaban J connectivity index is 1.36. The number of non-ortho nitro benzene ring substituents is 1. The first kappa shape index (κ1) is 34.5. The van der Waals surface area contributed by atoms with E-state index in [-0.39, 0.29) is 23.8 Å². The maximum absolute atomic E-state index is 14.2. The number of hydrogen-bond acceptors (Lipinski definition) is 8. The molecular weight excluding hydrogens is 870 g/mol. The van der Waals surface area contributed by atoms with Crippen molar-refractivity contribution < 1.29 is 19.2 Å². The number of thiazole rings is 1. The highest BCUT2D eigenvalue weighted by molar-refractivity contribution is 14.1. The number of carbonyl (C=O) groups is 1. The molecule has 2 heterocycles. The van der Waals surface area contributed by atoms with Crippen molar-refractivity contribution in [1.82, 2.24) is 4.57 Å². The fourth-order valence-electron chi connectivity index (χ4n) is 5.38. The van der Waals surface area contributed by atoms with Crippen molar-refractivity contribution >= 4 is 79.9 Å². The number of benzene rings is 4. The number of nitrogens with one attached hydrogen (secondary N) is 1. The van der Waals surface area contributed by atoms with Gasteiger partial charge in [-0.1, -0.05) is 41.7 Å². The molecule has 5 aromatic rings. The third kappa shape index (κ3) is 7.63. The summed E-state index contributed by atoms with van der Waals surface area (Å²) in [4.78, 5) is 43.8. The van der Waals surface area contributed by atoms with Crippen LogP contribution in [0.1, 0.15) is 36.6 Å². The van der Waals surface area contributed by atoms with Gasteiger partial charge < -0.3 is 14.8 Å². The Hall–Kier alpha value is -4.35. The van der Waals surface area contributed by atoms with Crippen LogP contribution in [0.5, 0.6) is 11.5 Å². The number of aromatic nitrogens is 1. The van der Waals surface area contributed by atoms with Crippen LogP contribution in [0.25, 0.3) is 6.08 Å². The average Bonchev–Trinajstić information content (AvgIpc) is 3.38. The molecular formula is C36H28I2N4O6S. The van der Waals surface area contributed by atoms with Crippen molar-refractivity contribution in [2.45, 2.75) is 26.5 Å². The van der Waals surface area contributed by atoms with E-state index >= 15 is 0 Å². The van der Waals surface area contributed by atoms with Crippen molar-refractivity contribution in [3.63, 3.8) is 0 Å². The van der Waals surface area contributed by atoms with Gasteiger partial charge in [0.2, 0.25) is 0 Å². The first-order valence-corrected chi connectivity index (χ1v) is 18.1. The maximum Gasteiger partial charge on any atom is 0.271 e. The minimum absolute atomic E-state index is 0.0233. The molecule has 1 atom stereocenters. The molecule has 0 unspecified atom stereocenters. The molecule has 4 aromatic carbocycles. The zero-order valence-corrected chi connectivity index (χ0v) is 31.3. The van der Waals surface area contributed by atoms with Crippen molar-refractivity contribution in [3.8, 4) is 11.5 Å². The number of halogens is 2. The molecule has 1 amide bonds. The highest BCUT2D eigenvalue weighted by Gasteiger charge is 2.32. The number of anilines is 1. The average molecular weight is 899 g/mol. The van der Waals surface area contributed by atoms with Gasteiger partial charge in [0.05, 0.1) is 40.5 Å². The molecule has 0 saturated heterocycles. The number of para-hydroxylation sites is 1. The van der Waals surface area contributed by atoms with Gasteiger partial charge in [-0.15, -0.1) is 0 Å². The van der Waals surface area contributed by atoms with Crippen LogP contribution in [-0.4, -0.2) is 22.0 Å². The van der Waals surface area contributed by atoms with Crippen molar-refractivity contribution in [2.75, 3.05) is 11.9 Å². The lowest BCUT2D eigenvalue weighted by Crippen LogP contribution is -2.40. The van der Waals surface area contributed by atoms with E-state index < -0.39 is 11.0 Å². The molecule has 13 heteroatoms. The minimum atomic E-state index is -0.715. The molecule has 1 aromatic heterocycles. The number of ether oxygens (including phenoxy) is 2. The Labute approximate surface area is 312 Å². The Kier molecular flexibility index (Phi) is 10.6. The van der Waals surface area contributed by atoms with E-state index in [0.717, 1.165) is 23.8 Å². The molecule has 0 fully saturated rings. The van der Waals surface area contributed by atoms with Crippen LogP contribution in [-0.2, 0) is 11.4 Å². The number of nitro benzene ring substituents is 1. The molecule has 49 heavy (non-hydrogen) atoms. The highest BCUT2D eigenvalue weighted by atomic mass is 127. The second kappa shape index (κ2) is 15.0. The summed E-state index contributed by atoms with van der Waals surface area (Å²) in [7, 11) is 0. The summed E-state index contributed by atoms with van der Waals surface area (Å²) < 4.78 is 15.5. The predicted octanol–water partition coefficient (Wildman–Crippen LogP) is 6.97. The highest BCUT2D eigenvalue weighted by Crippen LogP contribution is 2.33. The topological polar surface area (TPSA) is 125 Å². The number of fused-ring (bicyclic) bond motifs is 1. The molecule has 6 rings (SSSR count). The second-order valence-corrected chi connectivity index (χ2v) is 14.3. The van der Waals surface area contributed by atoms with E-state index in [1.54, 1.807) is 23.6 Å². The number of allylic oxidation sites excluding steroid dienone is 1. The van der Waals surface area contributed by atoms with E-state index in [2.05, 4.69) is 50.5 Å². The van der Waals surface area contributed by atoms with Gasteiger partial charge in [-0.2, -0.15) is 0 Å². The van der Waals surface area contributed by atoms with Crippen LogP contribution in [0.4, 0.5) is 11.4 Å². The van der Waals surface area contributed by atoms with Crippen LogP contribution < -0.4 is 29.7 Å². The van der Waals surface area contributed by atoms with Gasteiger partial charge in [-0.05, 0) is 130 Å². The molecule has 0 spiro atoms. The molecule has 0 radical (unpaired) electrons.